The first-order valence-electron chi connectivity index (χ1n) is 12.8. The highest BCUT2D eigenvalue weighted by Gasteiger charge is 2.29. The lowest BCUT2D eigenvalue weighted by molar-refractivity contribution is -0.136. The van der Waals surface area contributed by atoms with E-state index < -0.39 is 6.04 Å². The van der Waals surface area contributed by atoms with E-state index in [0.29, 0.717) is 18.7 Å². The Morgan fingerprint density at radius 2 is 1.90 bits per heavy atom. The molecule has 3 amide bonds. The number of aromatic nitrogens is 3. The lowest BCUT2D eigenvalue weighted by Crippen LogP contribution is -2.41. The molecule has 5 rings (SSSR count). The Morgan fingerprint density at radius 3 is 2.64 bits per heavy atom. The quantitative estimate of drug-likeness (QED) is 0.273. The topological polar surface area (TPSA) is 118 Å². The SMILES string of the molecule is CC(C)(NCc1ccc(NC(=O)Cc2cc(-c3cn(C4CCC(=O)NC4=O)nn3)cs2)cc1)c1ccccc1. The molecule has 2 aromatic heterocycles. The fraction of sp³-hybridized carbons (Fsp3) is 0.276. The van der Waals surface area contributed by atoms with Crippen LogP contribution in [0.3, 0.4) is 0 Å². The highest BCUT2D eigenvalue weighted by molar-refractivity contribution is 7.10. The molecule has 4 aromatic rings. The molecule has 0 saturated carbocycles. The first kappa shape index (κ1) is 26.5. The van der Waals surface area contributed by atoms with Crippen LogP contribution in [0.4, 0.5) is 5.69 Å². The van der Waals surface area contributed by atoms with Crippen molar-refractivity contribution < 1.29 is 14.4 Å². The molecule has 3 N–H and O–H groups in total. The Kier molecular flexibility index (Phi) is 7.67. The molecule has 200 valence electrons. The number of carbonyl (C=O) groups excluding carboxylic acids is 3. The summed E-state index contributed by atoms with van der Waals surface area (Å²) in [5.41, 5.74) is 4.39. The maximum absolute atomic E-state index is 12.7. The van der Waals surface area contributed by atoms with Crippen molar-refractivity contribution >= 4 is 34.7 Å². The number of benzene rings is 2. The van der Waals surface area contributed by atoms with Crippen LogP contribution in [0.2, 0.25) is 0 Å². The minimum Gasteiger partial charge on any atom is -0.326 e. The number of piperidine rings is 1. The second-order valence-electron chi connectivity index (χ2n) is 10.1. The fourth-order valence-corrected chi connectivity index (χ4v) is 5.33. The Hall–Kier alpha value is -4.15. The van der Waals surface area contributed by atoms with Crippen molar-refractivity contribution in [1.29, 1.82) is 0 Å². The zero-order valence-electron chi connectivity index (χ0n) is 21.8. The Bertz CT molecular complexity index is 1480. The molecule has 1 aliphatic heterocycles. The van der Waals surface area contributed by atoms with Crippen molar-refractivity contribution in [2.24, 2.45) is 0 Å². The van der Waals surface area contributed by atoms with Gasteiger partial charge in [0, 0.05) is 40.0 Å². The molecule has 1 atom stereocenters. The van der Waals surface area contributed by atoms with E-state index in [0.717, 1.165) is 21.7 Å². The van der Waals surface area contributed by atoms with E-state index >= 15 is 0 Å². The van der Waals surface area contributed by atoms with Gasteiger partial charge in [0.2, 0.25) is 11.8 Å². The van der Waals surface area contributed by atoms with Gasteiger partial charge in [-0.3, -0.25) is 19.7 Å². The molecule has 1 aliphatic rings. The van der Waals surface area contributed by atoms with E-state index in [1.165, 1.54) is 21.6 Å². The van der Waals surface area contributed by atoms with Crippen LogP contribution in [-0.4, -0.2) is 32.7 Å². The normalized spacial score (nSPS) is 15.7. The molecule has 1 unspecified atom stereocenters. The number of thiophene rings is 1. The third kappa shape index (κ3) is 6.47. The van der Waals surface area contributed by atoms with Gasteiger partial charge < -0.3 is 10.6 Å². The summed E-state index contributed by atoms with van der Waals surface area (Å²) < 4.78 is 1.49. The van der Waals surface area contributed by atoms with Gasteiger partial charge >= 0.3 is 0 Å². The smallest absolute Gasteiger partial charge is 0.251 e. The summed E-state index contributed by atoms with van der Waals surface area (Å²) in [7, 11) is 0. The van der Waals surface area contributed by atoms with Gasteiger partial charge in [0.15, 0.2) is 0 Å². The van der Waals surface area contributed by atoms with Crippen LogP contribution >= 0.6 is 11.3 Å². The third-order valence-electron chi connectivity index (χ3n) is 6.79. The van der Waals surface area contributed by atoms with E-state index in [-0.39, 0.29) is 36.1 Å². The van der Waals surface area contributed by atoms with Gasteiger partial charge in [-0.05, 0) is 49.6 Å². The van der Waals surface area contributed by atoms with E-state index in [1.807, 2.05) is 53.9 Å². The minimum atomic E-state index is -0.551. The highest BCUT2D eigenvalue weighted by atomic mass is 32.1. The fourth-order valence-electron chi connectivity index (χ4n) is 4.45. The van der Waals surface area contributed by atoms with Crippen LogP contribution < -0.4 is 16.0 Å². The second kappa shape index (κ2) is 11.3. The molecule has 0 radical (unpaired) electrons. The monoisotopic (exact) mass is 542 g/mol. The summed E-state index contributed by atoms with van der Waals surface area (Å²) in [6.45, 7) is 5.03. The molecule has 3 heterocycles. The maximum atomic E-state index is 12.7. The number of amides is 3. The van der Waals surface area contributed by atoms with Gasteiger partial charge in [-0.25, -0.2) is 4.68 Å². The zero-order valence-corrected chi connectivity index (χ0v) is 22.6. The van der Waals surface area contributed by atoms with Gasteiger partial charge in [0.25, 0.3) is 5.91 Å². The van der Waals surface area contributed by atoms with Crippen molar-refractivity contribution in [1.82, 2.24) is 25.6 Å². The standard InChI is InChI=1S/C29H30N6O3S/c1-29(2,21-6-4-3-5-7-21)30-16-19-8-10-22(11-9-19)31-27(37)15-23-14-20(18-39-23)24-17-35(34-33-24)25-12-13-26(36)32-28(25)38/h3-11,14,17-18,25,30H,12-13,15-16H2,1-2H3,(H,31,37)(H,32,36,38). The number of carbonyl (C=O) groups is 3. The first-order chi connectivity index (χ1) is 18.8. The second-order valence-corrected chi connectivity index (χ2v) is 11.1. The van der Waals surface area contributed by atoms with Crippen LogP contribution in [0.15, 0.2) is 72.2 Å². The Balaban J connectivity index is 1.13. The third-order valence-corrected chi connectivity index (χ3v) is 7.73. The molecule has 0 spiro atoms. The summed E-state index contributed by atoms with van der Waals surface area (Å²) in [5.74, 6) is -0.745. The van der Waals surface area contributed by atoms with E-state index in [9.17, 15) is 14.4 Å². The van der Waals surface area contributed by atoms with Crippen molar-refractivity contribution in [3.63, 3.8) is 0 Å². The molecule has 9 nitrogen and oxygen atoms in total. The van der Waals surface area contributed by atoms with Crippen LogP contribution in [0.25, 0.3) is 11.3 Å². The molecule has 39 heavy (non-hydrogen) atoms. The molecular weight excluding hydrogens is 512 g/mol. The Labute approximate surface area is 230 Å². The van der Waals surface area contributed by atoms with Crippen molar-refractivity contribution in [3.05, 3.63) is 88.2 Å². The number of hydrogen-bond donors (Lipinski definition) is 3. The lowest BCUT2D eigenvalue weighted by Gasteiger charge is -2.27. The van der Waals surface area contributed by atoms with Crippen LogP contribution in [0.1, 0.15) is 48.7 Å². The predicted octanol–water partition coefficient (Wildman–Crippen LogP) is 4.19. The number of anilines is 1. The predicted molar refractivity (Wildman–Crippen MR) is 150 cm³/mol. The average Bonchev–Trinajstić information content (AvgIpc) is 3.59. The summed E-state index contributed by atoms with van der Waals surface area (Å²) >= 11 is 1.47. The summed E-state index contributed by atoms with van der Waals surface area (Å²) in [6, 6.07) is 19.6. The van der Waals surface area contributed by atoms with E-state index in [1.54, 1.807) is 6.20 Å². The molecule has 1 fully saturated rings. The maximum Gasteiger partial charge on any atom is 0.251 e. The van der Waals surface area contributed by atoms with Crippen LogP contribution in [0, 0.1) is 0 Å². The van der Waals surface area contributed by atoms with E-state index in [4.69, 9.17) is 0 Å². The number of hydrogen-bond acceptors (Lipinski definition) is 7. The molecule has 1 saturated heterocycles. The van der Waals surface area contributed by atoms with Gasteiger partial charge in [-0.2, -0.15) is 0 Å². The Morgan fingerprint density at radius 1 is 1.13 bits per heavy atom. The van der Waals surface area contributed by atoms with Crippen LogP contribution in [-0.2, 0) is 32.9 Å². The molecule has 2 aromatic carbocycles. The molecular formula is C29H30N6O3S. The van der Waals surface area contributed by atoms with Gasteiger partial charge in [0.1, 0.15) is 11.7 Å². The molecule has 0 bridgehead atoms. The minimum absolute atomic E-state index is 0.105. The highest BCUT2D eigenvalue weighted by Crippen LogP contribution is 2.26. The largest absolute Gasteiger partial charge is 0.326 e. The van der Waals surface area contributed by atoms with Crippen molar-refractivity contribution in [3.8, 4) is 11.3 Å². The lowest BCUT2D eigenvalue weighted by atomic mass is 9.94. The van der Waals surface area contributed by atoms with Crippen LogP contribution in [0.5, 0.6) is 0 Å². The zero-order chi connectivity index (χ0) is 27.4. The van der Waals surface area contributed by atoms with Crippen molar-refractivity contribution in [2.75, 3.05) is 5.32 Å². The van der Waals surface area contributed by atoms with Gasteiger partial charge in [0.05, 0.1) is 12.6 Å². The van der Waals surface area contributed by atoms with Gasteiger partial charge in [-0.1, -0.05) is 47.7 Å². The van der Waals surface area contributed by atoms with Crippen molar-refractivity contribution in [2.45, 2.75) is 51.2 Å². The number of rotatable bonds is 9. The summed E-state index contributed by atoms with van der Waals surface area (Å²) in [6.07, 6.45) is 2.60. The molecule has 10 heteroatoms. The summed E-state index contributed by atoms with van der Waals surface area (Å²) in [5, 5.41) is 19.1. The number of imide groups is 1. The van der Waals surface area contributed by atoms with Gasteiger partial charge in [-0.15, -0.1) is 16.4 Å². The first-order valence-corrected chi connectivity index (χ1v) is 13.7. The number of nitrogens with zero attached hydrogens (tertiary/aromatic N) is 3. The average molecular weight is 543 g/mol. The summed E-state index contributed by atoms with van der Waals surface area (Å²) in [4.78, 5) is 37.1. The number of nitrogens with one attached hydrogen (secondary N) is 3. The van der Waals surface area contributed by atoms with E-state index in [2.05, 4.69) is 52.2 Å². The molecule has 0 aliphatic carbocycles.